The Morgan fingerprint density at radius 1 is 1.15 bits per heavy atom. The van der Waals surface area contributed by atoms with Crippen molar-refractivity contribution >= 4 is 23.9 Å². The van der Waals surface area contributed by atoms with Gasteiger partial charge in [-0.25, -0.2) is 19.4 Å². The first-order valence-corrected chi connectivity index (χ1v) is 7.92. The summed E-state index contributed by atoms with van der Waals surface area (Å²) in [5, 5.41) is 0. The third kappa shape index (κ3) is 3.46. The molecule has 2 aliphatic rings. The SMILES string of the molecule is COC(=O)C1C(C2=N[C@H](C(=O)OC)CO2)N1C(=O)OCc1ccccc1. The average molecular weight is 362 g/mol. The highest BCUT2D eigenvalue weighted by molar-refractivity contribution is 6.02. The molecule has 1 saturated heterocycles. The number of nitrogens with zero attached hydrogens (tertiary/aromatic N) is 2. The van der Waals surface area contributed by atoms with Crippen molar-refractivity contribution in [1.29, 1.82) is 0 Å². The second-order valence-electron chi connectivity index (χ2n) is 5.68. The highest BCUT2D eigenvalue weighted by Gasteiger charge is 2.62. The minimum atomic E-state index is -0.890. The van der Waals surface area contributed by atoms with Crippen LogP contribution < -0.4 is 0 Å². The smallest absolute Gasteiger partial charge is 0.411 e. The number of carbonyl (C=O) groups excluding carboxylic acids is 3. The van der Waals surface area contributed by atoms with E-state index in [0.29, 0.717) is 0 Å². The summed E-state index contributed by atoms with van der Waals surface area (Å²) in [4.78, 5) is 41.1. The molecule has 2 unspecified atom stereocenters. The summed E-state index contributed by atoms with van der Waals surface area (Å²) in [6, 6.07) is 6.69. The minimum Gasteiger partial charge on any atom is -0.476 e. The minimum absolute atomic E-state index is 0.000692. The van der Waals surface area contributed by atoms with E-state index in [9.17, 15) is 14.4 Å². The Balaban J connectivity index is 1.68. The summed E-state index contributed by atoms with van der Waals surface area (Å²) in [7, 11) is 2.47. The van der Waals surface area contributed by atoms with Gasteiger partial charge in [0.25, 0.3) is 0 Å². The van der Waals surface area contributed by atoms with Crippen LogP contribution >= 0.6 is 0 Å². The molecule has 3 atom stereocenters. The van der Waals surface area contributed by atoms with Crippen LogP contribution in [0.5, 0.6) is 0 Å². The largest absolute Gasteiger partial charge is 0.476 e. The van der Waals surface area contributed by atoms with E-state index in [1.807, 2.05) is 30.3 Å². The van der Waals surface area contributed by atoms with Crippen LogP contribution in [-0.2, 0) is 35.1 Å². The Hall–Kier alpha value is -3.10. The highest BCUT2D eigenvalue weighted by atomic mass is 16.6. The monoisotopic (exact) mass is 362 g/mol. The summed E-state index contributed by atoms with van der Waals surface area (Å²) in [5.74, 6) is -1.04. The molecule has 0 bridgehead atoms. The molecule has 9 nitrogen and oxygen atoms in total. The first kappa shape index (κ1) is 17.7. The van der Waals surface area contributed by atoms with Crippen molar-refractivity contribution in [3.63, 3.8) is 0 Å². The Bertz CT molecular complexity index is 734. The Morgan fingerprint density at radius 3 is 2.50 bits per heavy atom. The van der Waals surface area contributed by atoms with Crippen molar-refractivity contribution in [2.24, 2.45) is 4.99 Å². The maximum atomic E-state index is 12.3. The Kier molecular flexibility index (Phi) is 5.06. The number of hydrogen-bond donors (Lipinski definition) is 0. The fraction of sp³-hybridized carbons (Fsp3) is 0.412. The summed E-state index contributed by atoms with van der Waals surface area (Å²) in [6.45, 7) is 0.0637. The van der Waals surface area contributed by atoms with Gasteiger partial charge < -0.3 is 18.9 Å². The van der Waals surface area contributed by atoms with Crippen LogP contribution in [0.4, 0.5) is 4.79 Å². The van der Waals surface area contributed by atoms with Gasteiger partial charge in [0.15, 0.2) is 12.1 Å². The van der Waals surface area contributed by atoms with Gasteiger partial charge in [0.2, 0.25) is 5.90 Å². The number of aliphatic imine (C=N–C) groups is 1. The van der Waals surface area contributed by atoms with Gasteiger partial charge in [-0.3, -0.25) is 4.90 Å². The van der Waals surface area contributed by atoms with Gasteiger partial charge in [-0.1, -0.05) is 30.3 Å². The third-order valence-corrected chi connectivity index (χ3v) is 4.07. The van der Waals surface area contributed by atoms with Crippen LogP contribution in [0, 0.1) is 0 Å². The van der Waals surface area contributed by atoms with Gasteiger partial charge in [0.1, 0.15) is 19.3 Å². The highest BCUT2D eigenvalue weighted by Crippen LogP contribution is 2.34. The lowest BCUT2D eigenvalue weighted by atomic mass is 10.2. The summed E-state index contributed by atoms with van der Waals surface area (Å²) >= 11 is 0. The van der Waals surface area contributed by atoms with Crippen LogP contribution in [0.15, 0.2) is 35.3 Å². The van der Waals surface area contributed by atoms with Gasteiger partial charge in [-0.2, -0.15) is 0 Å². The van der Waals surface area contributed by atoms with E-state index in [0.717, 1.165) is 5.56 Å². The molecular weight excluding hydrogens is 344 g/mol. The van der Waals surface area contributed by atoms with Gasteiger partial charge in [-0.05, 0) is 5.56 Å². The molecule has 1 amide bonds. The Morgan fingerprint density at radius 2 is 1.85 bits per heavy atom. The maximum Gasteiger partial charge on any atom is 0.411 e. The molecule has 2 aliphatic heterocycles. The van der Waals surface area contributed by atoms with Crippen LogP contribution in [0.2, 0.25) is 0 Å². The van der Waals surface area contributed by atoms with Crippen molar-refractivity contribution in [3.05, 3.63) is 35.9 Å². The standard InChI is InChI=1S/C17H18N2O7/c1-23-15(20)11-9-25-14(18-11)12-13(16(21)24-2)19(12)17(22)26-8-10-6-4-3-5-7-10/h3-7,11-13H,8-9H2,1-2H3/t11-,12?,13?,19?/m0/s1. The van der Waals surface area contributed by atoms with Crippen LogP contribution in [0.3, 0.4) is 0 Å². The lowest BCUT2D eigenvalue weighted by Gasteiger charge is -2.07. The van der Waals surface area contributed by atoms with E-state index in [1.54, 1.807) is 0 Å². The second-order valence-corrected chi connectivity index (χ2v) is 5.68. The molecule has 2 heterocycles. The third-order valence-electron chi connectivity index (χ3n) is 4.07. The quantitative estimate of drug-likeness (QED) is 0.427. The zero-order chi connectivity index (χ0) is 18.7. The van der Waals surface area contributed by atoms with Crippen LogP contribution in [0.25, 0.3) is 0 Å². The number of hydrogen-bond acceptors (Lipinski definition) is 8. The molecule has 0 radical (unpaired) electrons. The fourth-order valence-corrected chi connectivity index (χ4v) is 2.68. The van der Waals surface area contributed by atoms with Gasteiger partial charge in [-0.15, -0.1) is 0 Å². The predicted molar refractivity (Wildman–Crippen MR) is 87.2 cm³/mol. The summed E-state index contributed by atoms with van der Waals surface area (Å²) in [6.07, 6.45) is -0.693. The number of methoxy groups -OCH3 is 2. The molecule has 26 heavy (non-hydrogen) atoms. The van der Waals surface area contributed by atoms with Crippen LogP contribution in [-0.4, -0.2) is 67.8 Å². The zero-order valence-electron chi connectivity index (χ0n) is 14.3. The molecule has 0 N–H and O–H groups in total. The molecule has 1 aromatic rings. The first-order valence-electron chi connectivity index (χ1n) is 7.92. The van der Waals surface area contributed by atoms with Crippen molar-refractivity contribution in [2.75, 3.05) is 20.8 Å². The number of benzene rings is 1. The number of amides is 1. The molecule has 0 aromatic heterocycles. The van der Waals surface area contributed by atoms with E-state index in [-0.39, 0.29) is 19.1 Å². The molecule has 1 aromatic carbocycles. The van der Waals surface area contributed by atoms with E-state index in [1.165, 1.54) is 19.1 Å². The first-order chi connectivity index (χ1) is 12.6. The van der Waals surface area contributed by atoms with Gasteiger partial charge in [0.05, 0.1) is 14.2 Å². The molecule has 9 heteroatoms. The van der Waals surface area contributed by atoms with Crippen LogP contribution in [0.1, 0.15) is 5.56 Å². The molecule has 0 aliphatic carbocycles. The molecule has 3 rings (SSSR count). The topological polar surface area (TPSA) is 104 Å². The molecule has 138 valence electrons. The normalized spacial score (nSPS) is 23.5. The Labute approximate surface area is 149 Å². The summed E-state index contributed by atoms with van der Waals surface area (Å²) < 4.78 is 19.9. The van der Waals surface area contributed by atoms with Gasteiger partial charge >= 0.3 is 18.0 Å². The average Bonchev–Trinajstić information content (AvgIpc) is 3.24. The predicted octanol–water partition coefficient (Wildman–Crippen LogP) is 0.519. The number of esters is 2. The molecule has 0 saturated carbocycles. The van der Waals surface area contributed by atoms with Crippen molar-refractivity contribution in [1.82, 2.24) is 4.90 Å². The van der Waals surface area contributed by atoms with E-state index in [4.69, 9.17) is 14.2 Å². The summed E-state index contributed by atoms with van der Waals surface area (Å²) in [5.41, 5.74) is 0.814. The molecular formula is C17H18N2O7. The van der Waals surface area contributed by atoms with E-state index >= 15 is 0 Å². The second kappa shape index (κ2) is 7.42. The lowest BCUT2D eigenvalue weighted by molar-refractivity contribution is -0.142. The maximum absolute atomic E-state index is 12.3. The lowest BCUT2D eigenvalue weighted by Crippen LogP contribution is -2.21. The van der Waals surface area contributed by atoms with Crippen molar-refractivity contribution < 1.29 is 33.3 Å². The molecule has 0 spiro atoms. The van der Waals surface area contributed by atoms with Gasteiger partial charge in [0, 0.05) is 0 Å². The molecule has 1 fully saturated rings. The number of carbonyl (C=O) groups is 3. The van der Waals surface area contributed by atoms with Crippen molar-refractivity contribution in [3.8, 4) is 0 Å². The zero-order valence-corrected chi connectivity index (χ0v) is 14.3. The number of rotatable bonds is 5. The van der Waals surface area contributed by atoms with E-state index < -0.39 is 36.2 Å². The fourth-order valence-electron chi connectivity index (χ4n) is 2.68. The number of ether oxygens (including phenoxy) is 4. The van der Waals surface area contributed by atoms with Crippen molar-refractivity contribution in [2.45, 2.75) is 24.7 Å². The van der Waals surface area contributed by atoms with E-state index in [2.05, 4.69) is 9.73 Å².